The average molecular weight is 421 g/mol. The van der Waals surface area contributed by atoms with Crippen LogP contribution in [0.1, 0.15) is 119 Å². The summed E-state index contributed by atoms with van der Waals surface area (Å²) in [4.78, 5) is 23.4. The zero-order valence-corrected chi connectivity index (χ0v) is 21.0. The van der Waals surface area contributed by atoms with Gasteiger partial charge in [-0.1, -0.05) is 0 Å². The summed E-state index contributed by atoms with van der Waals surface area (Å²) >= 11 is 0. The van der Waals surface area contributed by atoms with E-state index in [-0.39, 0.29) is 0 Å². The van der Waals surface area contributed by atoms with Crippen molar-refractivity contribution in [3.63, 3.8) is 0 Å². The molecule has 2 N–H and O–H groups in total. The van der Waals surface area contributed by atoms with Crippen LogP contribution in [0.4, 0.5) is 0 Å². The number of unbranched alkanes of at least 4 members (excludes halogenated alkanes) is 3. The molecule has 0 heterocycles. The molecule has 0 aromatic rings. The third kappa shape index (κ3) is 12.1. The molecule has 0 aliphatic rings. The van der Waals surface area contributed by atoms with Crippen LogP contribution in [0.25, 0.3) is 0 Å². The minimum absolute atomic E-state index is 0.354. The van der Waals surface area contributed by atoms with Gasteiger partial charge >= 0.3 is 177 Å². The third-order valence-electron chi connectivity index (χ3n) is 6.49. The van der Waals surface area contributed by atoms with Crippen LogP contribution >= 0.6 is 7.28 Å². The van der Waals surface area contributed by atoms with E-state index in [1.54, 1.807) is 0 Å². The van der Waals surface area contributed by atoms with E-state index in [2.05, 4.69) is 41.5 Å². The van der Waals surface area contributed by atoms with Gasteiger partial charge in [-0.3, -0.25) is 0 Å². The molecule has 0 radical (unpaired) electrons. The Morgan fingerprint density at radius 3 is 1.29 bits per heavy atom. The first-order valence-corrected chi connectivity index (χ1v) is 14.9. The Bertz CT molecular complexity index is 351. The molecule has 3 atom stereocenters. The van der Waals surface area contributed by atoms with Crippen molar-refractivity contribution in [1.82, 2.24) is 0 Å². The van der Waals surface area contributed by atoms with Crippen molar-refractivity contribution < 1.29 is 14.3 Å². The van der Waals surface area contributed by atoms with Gasteiger partial charge in [-0.2, -0.15) is 0 Å². The summed E-state index contributed by atoms with van der Waals surface area (Å²) in [6.07, 6.45) is 14.3. The summed E-state index contributed by atoms with van der Waals surface area (Å²) in [7, 11) is -4.13. The van der Waals surface area contributed by atoms with Crippen LogP contribution in [-0.4, -0.2) is 28.7 Å². The molecule has 0 fully saturated rings. The Balaban J connectivity index is 5.33. The molecule has 0 aromatic carbocycles. The van der Waals surface area contributed by atoms with E-state index in [0.29, 0.717) is 36.7 Å². The predicted octanol–water partition coefficient (Wildman–Crippen LogP) is 7.94. The fourth-order valence-corrected chi connectivity index (χ4v) is 8.10. The van der Waals surface area contributed by atoms with Crippen LogP contribution in [-0.2, 0) is 4.52 Å². The van der Waals surface area contributed by atoms with Crippen molar-refractivity contribution in [3.8, 4) is 0 Å². The van der Waals surface area contributed by atoms with Gasteiger partial charge in [-0.15, -0.1) is 0 Å². The predicted molar refractivity (Wildman–Crippen MR) is 127 cm³/mol. The van der Waals surface area contributed by atoms with Gasteiger partial charge in [0.05, 0.1) is 0 Å². The number of hydrogen-bond acceptors (Lipinski definition) is 3. The SMILES string of the molecule is CCCCC(CC)COP(O)(O)(CC(CC)CCCC)CC(CC)CCCC. The van der Waals surface area contributed by atoms with Gasteiger partial charge in [0.25, 0.3) is 0 Å². The van der Waals surface area contributed by atoms with E-state index < -0.39 is 7.28 Å². The molecule has 172 valence electrons. The molecule has 0 aliphatic heterocycles. The van der Waals surface area contributed by atoms with Crippen LogP contribution in [0, 0.1) is 17.8 Å². The summed E-state index contributed by atoms with van der Waals surface area (Å²) in [5.74, 6) is 1.14. The Hall–Kier alpha value is 0.310. The molecule has 0 aliphatic carbocycles. The zero-order valence-electron chi connectivity index (χ0n) is 20.1. The van der Waals surface area contributed by atoms with Crippen molar-refractivity contribution in [3.05, 3.63) is 0 Å². The molecule has 0 saturated carbocycles. The molecule has 0 spiro atoms. The second-order valence-electron chi connectivity index (χ2n) is 9.21. The van der Waals surface area contributed by atoms with E-state index in [9.17, 15) is 9.79 Å². The number of rotatable bonds is 19. The molecule has 28 heavy (non-hydrogen) atoms. The van der Waals surface area contributed by atoms with Crippen molar-refractivity contribution >= 4 is 7.28 Å². The molecule has 0 rings (SSSR count). The second-order valence-corrected chi connectivity index (χ2v) is 12.8. The van der Waals surface area contributed by atoms with E-state index >= 15 is 0 Å². The fourth-order valence-electron chi connectivity index (χ4n) is 4.23. The third-order valence-corrected chi connectivity index (χ3v) is 9.73. The van der Waals surface area contributed by atoms with Crippen molar-refractivity contribution in [2.45, 2.75) is 119 Å². The van der Waals surface area contributed by atoms with E-state index in [0.717, 1.165) is 64.2 Å². The summed E-state index contributed by atoms with van der Waals surface area (Å²) in [6.45, 7) is 13.7. The molecule has 4 heteroatoms. The monoisotopic (exact) mass is 420 g/mol. The van der Waals surface area contributed by atoms with E-state index in [4.69, 9.17) is 4.52 Å². The van der Waals surface area contributed by atoms with Crippen LogP contribution in [0.15, 0.2) is 0 Å². The Morgan fingerprint density at radius 1 is 0.607 bits per heavy atom. The summed E-state index contributed by atoms with van der Waals surface area (Å²) in [6, 6.07) is 0. The Kier molecular flexibility index (Phi) is 15.3. The van der Waals surface area contributed by atoms with Gasteiger partial charge in [0, 0.05) is 0 Å². The first-order valence-electron chi connectivity index (χ1n) is 12.4. The molecule has 0 saturated heterocycles. The molecule has 0 aromatic heterocycles. The van der Waals surface area contributed by atoms with Crippen LogP contribution in [0.2, 0.25) is 0 Å². The van der Waals surface area contributed by atoms with Crippen molar-refractivity contribution in [1.29, 1.82) is 0 Å². The molecular weight excluding hydrogens is 367 g/mol. The molecule has 0 bridgehead atoms. The van der Waals surface area contributed by atoms with Crippen LogP contribution in [0.5, 0.6) is 0 Å². The maximum absolute atomic E-state index is 11.7. The van der Waals surface area contributed by atoms with Gasteiger partial charge in [0.15, 0.2) is 0 Å². The molecule has 3 unspecified atom stereocenters. The van der Waals surface area contributed by atoms with Crippen molar-refractivity contribution in [2.24, 2.45) is 17.8 Å². The topological polar surface area (TPSA) is 49.7 Å². The first-order chi connectivity index (χ1) is 13.3. The average Bonchev–Trinajstić information content (AvgIpc) is 2.68. The van der Waals surface area contributed by atoms with Crippen LogP contribution < -0.4 is 0 Å². The van der Waals surface area contributed by atoms with Gasteiger partial charge < -0.3 is 0 Å². The molecule has 0 amide bonds. The summed E-state index contributed by atoms with van der Waals surface area (Å²) < 4.78 is 6.23. The van der Waals surface area contributed by atoms with E-state index in [1.807, 2.05) is 0 Å². The minimum atomic E-state index is -4.13. The summed E-state index contributed by atoms with van der Waals surface area (Å²) in [5, 5.41) is 0. The van der Waals surface area contributed by atoms with Crippen molar-refractivity contribution in [2.75, 3.05) is 18.9 Å². The van der Waals surface area contributed by atoms with Gasteiger partial charge in [0.2, 0.25) is 0 Å². The normalized spacial score (nSPS) is 17.1. The Morgan fingerprint density at radius 2 is 0.964 bits per heavy atom. The molecular formula is C24H53O3P. The van der Waals surface area contributed by atoms with Crippen LogP contribution in [0.3, 0.4) is 0 Å². The van der Waals surface area contributed by atoms with Gasteiger partial charge in [0.1, 0.15) is 0 Å². The fraction of sp³-hybridized carbons (Fsp3) is 1.00. The first kappa shape index (κ1) is 28.3. The Labute approximate surface area is 177 Å². The van der Waals surface area contributed by atoms with Gasteiger partial charge in [-0.25, -0.2) is 0 Å². The van der Waals surface area contributed by atoms with Gasteiger partial charge in [-0.05, 0) is 0 Å². The van der Waals surface area contributed by atoms with E-state index in [1.165, 1.54) is 12.8 Å². The molecule has 3 nitrogen and oxygen atoms in total. The second kappa shape index (κ2) is 15.2. The maximum atomic E-state index is 11.7. The quantitative estimate of drug-likeness (QED) is 0.209. The number of hydrogen-bond donors (Lipinski definition) is 2. The zero-order chi connectivity index (χ0) is 21.5. The summed E-state index contributed by atoms with van der Waals surface area (Å²) in [5.41, 5.74) is 0. The standard InChI is InChI=1S/C24H53O3P/c1-7-13-16-22(10-4)19-27-28(25,26,20-23(11-5)17-14-8-2)21-24(12-6)18-15-9-3/h22-26H,7-21H2,1-6H3.